The van der Waals surface area contributed by atoms with Crippen LogP contribution in [-0.2, 0) is 6.42 Å². The summed E-state index contributed by atoms with van der Waals surface area (Å²) in [6.45, 7) is 2.08. The minimum Gasteiger partial charge on any atom is -0.338 e. The summed E-state index contributed by atoms with van der Waals surface area (Å²) in [7, 11) is 1.89. The van der Waals surface area contributed by atoms with Crippen LogP contribution in [0.3, 0.4) is 0 Å². The van der Waals surface area contributed by atoms with Gasteiger partial charge in [0.25, 0.3) is 0 Å². The molecule has 0 radical (unpaired) electrons. The topological polar surface area (TPSA) is 51.0 Å². The number of hydrogen-bond donors (Lipinski definition) is 1. The van der Waals surface area contributed by atoms with Gasteiger partial charge in [0.1, 0.15) is 0 Å². The van der Waals surface area contributed by atoms with Crippen LogP contribution >= 0.6 is 15.9 Å². The molecule has 4 nitrogen and oxygen atoms in total. The Bertz CT molecular complexity index is 508. The van der Waals surface area contributed by atoms with E-state index in [2.05, 4.69) is 44.4 Å². The largest absolute Gasteiger partial charge is 0.338 e. The van der Waals surface area contributed by atoms with Gasteiger partial charge in [-0.3, -0.25) is 0 Å². The summed E-state index contributed by atoms with van der Waals surface area (Å²) >= 11 is 3.52. The van der Waals surface area contributed by atoms with Gasteiger partial charge in [-0.2, -0.15) is 4.98 Å². The van der Waals surface area contributed by atoms with Crippen molar-refractivity contribution in [3.63, 3.8) is 0 Å². The molecule has 5 heteroatoms. The predicted octanol–water partition coefficient (Wildman–Crippen LogP) is 3.09. The van der Waals surface area contributed by atoms with Gasteiger partial charge in [-0.15, -0.1) is 0 Å². The normalized spacial score (nSPS) is 12.6. The number of nitrogens with zero attached hydrogens (tertiary/aromatic N) is 2. The molecule has 1 unspecified atom stereocenters. The van der Waals surface area contributed by atoms with Crippen molar-refractivity contribution in [3.05, 3.63) is 46.0 Å². The van der Waals surface area contributed by atoms with Crippen molar-refractivity contribution in [2.45, 2.75) is 25.8 Å². The molecule has 0 saturated heterocycles. The van der Waals surface area contributed by atoms with Crippen molar-refractivity contribution in [3.8, 4) is 0 Å². The Labute approximate surface area is 115 Å². The maximum atomic E-state index is 5.28. The Morgan fingerprint density at radius 1 is 1.39 bits per heavy atom. The van der Waals surface area contributed by atoms with E-state index in [1.165, 1.54) is 0 Å². The van der Waals surface area contributed by atoms with E-state index >= 15 is 0 Å². The quantitative estimate of drug-likeness (QED) is 0.922. The number of rotatable bonds is 5. The third-order valence-corrected chi connectivity index (χ3v) is 3.62. The van der Waals surface area contributed by atoms with Gasteiger partial charge < -0.3 is 9.84 Å². The number of nitrogens with one attached hydrogen (secondary N) is 1. The van der Waals surface area contributed by atoms with Gasteiger partial charge in [0.15, 0.2) is 5.82 Å². The van der Waals surface area contributed by atoms with E-state index in [4.69, 9.17) is 4.52 Å². The van der Waals surface area contributed by atoms with E-state index in [0.29, 0.717) is 18.1 Å². The first-order chi connectivity index (χ1) is 8.74. The van der Waals surface area contributed by atoms with Gasteiger partial charge in [-0.25, -0.2) is 0 Å². The van der Waals surface area contributed by atoms with Gasteiger partial charge in [-0.1, -0.05) is 46.2 Å². The zero-order valence-electron chi connectivity index (χ0n) is 10.5. The minimum atomic E-state index is 0.130. The predicted molar refractivity (Wildman–Crippen MR) is 73.3 cm³/mol. The molecule has 0 aliphatic rings. The number of aromatic nitrogens is 2. The molecule has 2 rings (SSSR count). The molecule has 1 N–H and O–H groups in total. The molecule has 1 aromatic carbocycles. The second kappa shape index (κ2) is 6.11. The van der Waals surface area contributed by atoms with Gasteiger partial charge >= 0.3 is 0 Å². The van der Waals surface area contributed by atoms with Crippen molar-refractivity contribution >= 4 is 15.9 Å². The summed E-state index contributed by atoms with van der Waals surface area (Å²) in [5, 5.41) is 7.17. The summed E-state index contributed by atoms with van der Waals surface area (Å²) in [6.07, 6.45) is 1.60. The highest BCUT2D eigenvalue weighted by Gasteiger charge is 2.15. The Balaban J connectivity index is 2.14. The van der Waals surface area contributed by atoms with E-state index in [9.17, 15) is 0 Å². The standard InChI is InChI=1S/C13H16BrN3O/c1-3-11(15-2)13-16-12(17-18-13)8-9-6-4-5-7-10(9)14/h4-7,11,15H,3,8H2,1-2H3. The molecule has 0 fully saturated rings. The van der Waals surface area contributed by atoms with E-state index in [-0.39, 0.29) is 6.04 Å². The molecule has 18 heavy (non-hydrogen) atoms. The first kappa shape index (κ1) is 13.2. The summed E-state index contributed by atoms with van der Waals surface area (Å²) in [5.74, 6) is 1.37. The average Bonchev–Trinajstić information content (AvgIpc) is 2.82. The van der Waals surface area contributed by atoms with Crippen molar-refractivity contribution in [2.75, 3.05) is 7.05 Å². The van der Waals surface area contributed by atoms with Crippen LogP contribution in [0.15, 0.2) is 33.3 Å². The Hall–Kier alpha value is -1.20. The van der Waals surface area contributed by atoms with Crippen LogP contribution in [0, 0.1) is 0 Å². The fraction of sp³-hybridized carbons (Fsp3) is 0.385. The maximum Gasteiger partial charge on any atom is 0.243 e. The molecule has 0 amide bonds. The first-order valence-corrected chi connectivity index (χ1v) is 6.77. The van der Waals surface area contributed by atoms with Gasteiger partial charge in [0.2, 0.25) is 5.89 Å². The number of hydrogen-bond acceptors (Lipinski definition) is 4. The summed E-state index contributed by atoms with van der Waals surface area (Å²) < 4.78 is 6.35. The summed E-state index contributed by atoms with van der Waals surface area (Å²) in [6, 6.07) is 8.19. The van der Waals surface area contributed by atoms with Gasteiger partial charge in [0.05, 0.1) is 6.04 Å². The van der Waals surface area contributed by atoms with Crippen LogP contribution in [0.1, 0.15) is 36.7 Å². The molecule has 1 heterocycles. The lowest BCUT2D eigenvalue weighted by Crippen LogP contribution is -2.15. The highest BCUT2D eigenvalue weighted by atomic mass is 79.9. The smallest absolute Gasteiger partial charge is 0.243 e. The molecule has 0 saturated carbocycles. The number of benzene rings is 1. The van der Waals surface area contributed by atoms with E-state index in [0.717, 1.165) is 16.5 Å². The molecule has 0 bridgehead atoms. The third kappa shape index (κ3) is 2.97. The van der Waals surface area contributed by atoms with Crippen LogP contribution in [0.5, 0.6) is 0 Å². The lowest BCUT2D eigenvalue weighted by Gasteiger charge is -2.06. The van der Waals surface area contributed by atoms with Crippen LogP contribution < -0.4 is 5.32 Å². The van der Waals surface area contributed by atoms with Crippen molar-refractivity contribution in [1.29, 1.82) is 0 Å². The lowest BCUT2D eigenvalue weighted by atomic mass is 10.1. The number of halogens is 1. The van der Waals surface area contributed by atoms with Crippen LogP contribution in [0.25, 0.3) is 0 Å². The molecule has 96 valence electrons. The Morgan fingerprint density at radius 2 is 2.17 bits per heavy atom. The molecule has 2 aromatic rings. The average molecular weight is 310 g/mol. The SMILES string of the molecule is CCC(NC)c1nc(Cc2ccccc2Br)no1. The van der Waals surface area contributed by atoms with Crippen LogP contribution in [0.4, 0.5) is 0 Å². The van der Waals surface area contributed by atoms with E-state index in [1.807, 2.05) is 25.2 Å². The maximum absolute atomic E-state index is 5.28. The second-order valence-electron chi connectivity index (χ2n) is 4.07. The van der Waals surface area contributed by atoms with Crippen molar-refractivity contribution in [1.82, 2.24) is 15.5 Å². The Kier molecular flexibility index (Phi) is 4.49. The van der Waals surface area contributed by atoms with E-state index in [1.54, 1.807) is 0 Å². The summed E-state index contributed by atoms with van der Waals surface area (Å²) in [4.78, 5) is 4.43. The van der Waals surface area contributed by atoms with Gasteiger partial charge in [0, 0.05) is 10.9 Å². The summed E-state index contributed by atoms with van der Waals surface area (Å²) in [5.41, 5.74) is 1.15. The van der Waals surface area contributed by atoms with Crippen molar-refractivity contribution < 1.29 is 4.52 Å². The highest BCUT2D eigenvalue weighted by molar-refractivity contribution is 9.10. The lowest BCUT2D eigenvalue weighted by molar-refractivity contribution is 0.331. The monoisotopic (exact) mass is 309 g/mol. The second-order valence-corrected chi connectivity index (χ2v) is 4.92. The zero-order valence-corrected chi connectivity index (χ0v) is 12.1. The molecule has 1 atom stereocenters. The van der Waals surface area contributed by atoms with Crippen molar-refractivity contribution in [2.24, 2.45) is 0 Å². The fourth-order valence-electron chi connectivity index (χ4n) is 1.80. The van der Waals surface area contributed by atoms with Crippen LogP contribution in [0.2, 0.25) is 0 Å². The third-order valence-electron chi connectivity index (χ3n) is 2.85. The first-order valence-electron chi connectivity index (χ1n) is 5.97. The zero-order chi connectivity index (χ0) is 13.0. The fourth-order valence-corrected chi connectivity index (χ4v) is 2.22. The minimum absolute atomic E-state index is 0.130. The van der Waals surface area contributed by atoms with Gasteiger partial charge in [-0.05, 0) is 25.1 Å². The molecule has 1 aromatic heterocycles. The van der Waals surface area contributed by atoms with E-state index < -0.39 is 0 Å². The van der Waals surface area contributed by atoms with Crippen LogP contribution in [-0.4, -0.2) is 17.2 Å². The highest BCUT2D eigenvalue weighted by Crippen LogP contribution is 2.20. The molecule has 0 aliphatic heterocycles. The molecule has 0 spiro atoms. The molecular weight excluding hydrogens is 294 g/mol. The Morgan fingerprint density at radius 3 is 2.83 bits per heavy atom. The molecule has 0 aliphatic carbocycles. The molecular formula is C13H16BrN3O.